The molecule has 4 N–H and O–H groups in total. The van der Waals surface area contributed by atoms with Crippen molar-refractivity contribution in [1.29, 1.82) is 0 Å². The fourth-order valence-electron chi connectivity index (χ4n) is 7.59. The molecule has 2 aromatic carbocycles. The molecule has 6 amide bonds. The normalized spacial score (nSPS) is 24.6. The van der Waals surface area contributed by atoms with Crippen molar-refractivity contribution < 1.29 is 29.1 Å². The first-order valence-corrected chi connectivity index (χ1v) is 15.4. The Kier molecular flexibility index (Phi) is 8.05. The van der Waals surface area contributed by atoms with Crippen LogP contribution in [-0.2, 0) is 25.6 Å². The quantitative estimate of drug-likeness (QED) is 0.288. The molecule has 1 aromatic heterocycles. The second-order valence-corrected chi connectivity index (χ2v) is 12.0. The van der Waals surface area contributed by atoms with E-state index in [9.17, 15) is 29.1 Å². The van der Waals surface area contributed by atoms with Crippen LogP contribution in [0.5, 0.6) is 0 Å². The second kappa shape index (κ2) is 12.0. The summed E-state index contributed by atoms with van der Waals surface area (Å²) in [4.78, 5) is 75.5. The van der Waals surface area contributed by atoms with Crippen LogP contribution in [0, 0.1) is 17.8 Å². The number of imide groups is 2. The maximum Gasteiger partial charge on any atom is 0.325 e. The van der Waals surface area contributed by atoms with Gasteiger partial charge in [-0.2, -0.15) is 0 Å². The number of rotatable bonds is 8. The summed E-state index contributed by atoms with van der Waals surface area (Å²) in [7, 11) is 0. The number of aromatic amines is 1. The number of H-pyrrole nitrogens is 1. The molecule has 6 rings (SSSR count). The van der Waals surface area contributed by atoms with E-state index in [0.717, 1.165) is 21.4 Å². The molecule has 11 nitrogen and oxygen atoms in total. The van der Waals surface area contributed by atoms with Gasteiger partial charge in [-0.1, -0.05) is 48.9 Å². The molecule has 3 aromatic rings. The summed E-state index contributed by atoms with van der Waals surface area (Å²) < 4.78 is 0. The van der Waals surface area contributed by atoms with Gasteiger partial charge in [-0.05, 0) is 56.4 Å². The van der Waals surface area contributed by atoms with E-state index in [1.807, 2.05) is 30.5 Å². The van der Waals surface area contributed by atoms with Crippen LogP contribution in [-0.4, -0.2) is 69.9 Å². The molecule has 11 heteroatoms. The van der Waals surface area contributed by atoms with Gasteiger partial charge in [0, 0.05) is 41.7 Å². The van der Waals surface area contributed by atoms with Gasteiger partial charge in [0.05, 0.1) is 24.1 Å². The maximum atomic E-state index is 14.4. The Hall–Kier alpha value is -4.77. The van der Waals surface area contributed by atoms with Crippen molar-refractivity contribution in [3.8, 4) is 0 Å². The lowest BCUT2D eigenvalue weighted by Crippen LogP contribution is -2.71. The molecular weight excluding hydrogens is 574 g/mol. The standard InChI is InChI=1S/C34H37N5O6/c1-3-22-24-13-14-25-27(31(43)38(29(25)41)21-9-5-4-6-10-21)28(24)34(2,39(30(22)42)33(45)36-17-18-40)32(44)35-16-15-20-19-37-26-12-8-7-11-23(20)26/h4-12,19,25,27-28,37,40H,3,13-18H2,1-2H3,(H,35,44)(H,36,45)/t25-,27-,28+,34+/m1/s1. The SMILES string of the molecule is CCC1=C2CC[C@H]3C(=O)N(c4ccccc4)C(=O)[C@H]3[C@H]2[C@@](C)(C(=O)NCCc2c[nH]c3ccccc23)N(C(=O)NCCO)C1=O. The number of carbonyl (C=O) groups is 5. The largest absolute Gasteiger partial charge is 0.395 e. The highest BCUT2D eigenvalue weighted by Gasteiger charge is 2.65. The number of aliphatic hydroxyl groups is 1. The van der Waals surface area contributed by atoms with Gasteiger partial charge < -0.3 is 20.7 Å². The summed E-state index contributed by atoms with van der Waals surface area (Å²) in [6.45, 7) is 3.03. The molecule has 1 saturated carbocycles. The third kappa shape index (κ3) is 4.82. The second-order valence-electron chi connectivity index (χ2n) is 12.0. The zero-order valence-electron chi connectivity index (χ0n) is 25.3. The first-order chi connectivity index (χ1) is 21.7. The minimum absolute atomic E-state index is 0.130. The lowest BCUT2D eigenvalue weighted by molar-refractivity contribution is -0.149. The first kappa shape index (κ1) is 30.3. The third-order valence-electron chi connectivity index (χ3n) is 9.63. The molecule has 0 radical (unpaired) electrons. The summed E-state index contributed by atoms with van der Waals surface area (Å²) in [5.41, 5.74) is 1.60. The number of nitrogens with zero attached hydrogens (tertiary/aromatic N) is 2. The van der Waals surface area contributed by atoms with Crippen LogP contribution in [0.2, 0.25) is 0 Å². The summed E-state index contributed by atoms with van der Waals surface area (Å²) >= 11 is 0. The average molecular weight is 612 g/mol. The van der Waals surface area contributed by atoms with E-state index in [0.29, 0.717) is 36.1 Å². The number of aromatic nitrogens is 1. The van der Waals surface area contributed by atoms with E-state index in [1.54, 1.807) is 37.3 Å². The van der Waals surface area contributed by atoms with Gasteiger partial charge in [0.25, 0.3) is 5.91 Å². The maximum absolute atomic E-state index is 14.4. The zero-order chi connectivity index (χ0) is 31.9. The minimum Gasteiger partial charge on any atom is -0.395 e. The van der Waals surface area contributed by atoms with Crippen LogP contribution >= 0.6 is 0 Å². The number of amides is 6. The smallest absolute Gasteiger partial charge is 0.325 e. The van der Waals surface area contributed by atoms with E-state index in [1.165, 1.54) is 11.8 Å². The van der Waals surface area contributed by atoms with E-state index >= 15 is 0 Å². The molecule has 0 spiro atoms. The lowest BCUT2D eigenvalue weighted by atomic mass is 9.59. The van der Waals surface area contributed by atoms with Gasteiger partial charge in [0.1, 0.15) is 5.54 Å². The van der Waals surface area contributed by atoms with Crippen LogP contribution in [0.15, 0.2) is 71.9 Å². The van der Waals surface area contributed by atoms with Crippen LogP contribution in [0.1, 0.15) is 38.7 Å². The number of para-hydroxylation sites is 2. The van der Waals surface area contributed by atoms with E-state index in [4.69, 9.17) is 0 Å². The third-order valence-corrected chi connectivity index (χ3v) is 9.63. The van der Waals surface area contributed by atoms with Crippen LogP contribution in [0.3, 0.4) is 0 Å². The Morgan fingerprint density at radius 3 is 2.47 bits per heavy atom. The van der Waals surface area contributed by atoms with Crippen LogP contribution in [0.25, 0.3) is 10.9 Å². The zero-order valence-corrected chi connectivity index (χ0v) is 25.3. The Bertz CT molecular complexity index is 1710. The number of fused-ring (bicyclic) bond motifs is 4. The fourth-order valence-corrected chi connectivity index (χ4v) is 7.59. The van der Waals surface area contributed by atoms with Crippen molar-refractivity contribution in [2.75, 3.05) is 24.6 Å². The number of nitrogens with one attached hydrogen (secondary N) is 3. The van der Waals surface area contributed by atoms with Gasteiger partial charge in [-0.15, -0.1) is 0 Å². The van der Waals surface area contributed by atoms with Gasteiger partial charge in [-0.3, -0.25) is 24.1 Å². The molecule has 45 heavy (non-hydrogen) atoms. The lowest BCUT2D eigenvalue weighted by Gasteiger charge is -2.52. The van der Waals surface area contributed by atoms with Crippen molar-refractivity contribution in [2.24, 2.45) is 17.8 Å². The number of hydrogen-bond acceptors (Lipinski definition) is 6. The number of carbonyl (C=O) groups excluding carboxylic acids is 5. The number of urea groups is 1. The minimum atomic E-state index is -1.84. The molecule has 4 atom stereocenters. The number of hydrogen-bond donors (Lipinski definition) is 4. The van der Waals surface area contributed by atoms with Crippen molar-refractivity contribution in [3.63, 3.8) is 0 Å². The van der Waals surface area contributed by atoms with Crippen molar-refractivity contribution in [2.45, 2.75) is 45.1 Å². The number of aliphatic hydroxyl groups excluding tert-OH is 1. The number of benzene rings is 2. The summed E-state index contributed by atoms with van der Waals surface area (Å²) in [6, 6.07) is 15.7. The van der Waals surface area contributed by atoms with Gasteiger partial charge >= 0.3 is 6.03 Å². The van der Waals surface area contributed by atoms with Crippen molar-refractivity contribution >= 4 is 46.3 Å². The Morgan fingerprint density at radius 2 is 1.73 bits per heavy atom. The van der Waals surface area contributed by atoms with Crippen molar-refractivity contribution in [3.05, 3.63) is 77.5 Å². The molecule has 3 heterocycles. The highest BCUT2D eigenvalue weighted by atomic mass is 16.3. The predicted octanol–water partition coefficient (Wildman–Crippen LogP) is 3.05. The fraction of sp³-hybridized carbons (Fsp3) is 0.382. The van der Waals surface area contributed by atoms with Crippen LogP contribution < -0.4 is 15.5 Å². The van der Waals surface area contributed by atoms with E-state index in [2.05, 4.69) is 15.6 Å². The molecule has 0 unspecified atom stereocenters. The average Bonchev–Trinajstić information content (AvgIpc) is 3.57. The van der Waals surface area contributed by atoms with Crippen LogP contribution in [0.4, 0.5) is 10.5 Å². The molecule has 1 saturated heterocycles. The van der Waals surface area contributed by atoms with E-state index in [-0.39, 0.29) is 32.0 Å². The van der Waals surface area contributed by atoms with Crippen molar-refractivity contribution in [1.82, 2.24) is 20.5 Å². The first-order valence-electron chi connectivity index (χ1n) is 15.4. The highest BCUT2D eigenvalue weighted by Crippen LogP contribution is 2.54. The molecule has 234 valence electrons. The molecule has 2 aliphatic heterocycles. The Morgan fingerprint density at radius 1 is 1.00 bits per heavy atom. The summed E-state index contributed by atoms with van der Waals surface area (Å²) in [5, 5.41) is 15.9. The summed E-state index contributed by atoms with van der Waals surface area (Å²) in [6.07, 6.45) is 3.37. The van der Waals surface area contributed by atoms with Gasteiger partial charge in [0.15, 0.2) is 0 Å². The molecular formula is C34H37N5O6. The highest BCUT2D eigenvalue weighted by molar-refractivity contribution is 6.23. The van der Waals surface area contributed by atoms with Gasteiger partial charge in [-0.25, -0.2) is 9.69 Å². The monoisotopic (exact) mass is 611 g/mol. The molecule has 3 aliphatic rings. The topological polar surface area (TPSA) is 152 Å². The summed E-state index contributed by atoms with van der Waals surface area (Å²) in [5.74, 6) is -4.57. The Balaban J connectivity index is 1.41. The predicted molar refractivity (Wildman–Crippen MR) is 167 cm³/mol. The molecule has 0 bridgehead atoms. The Labute approximate surface area is 260 Å². The van der Waals surface area contributed by atoms with Gasteiger partial charge in [0.2, 0.25) is 17.7 Å². The molecule has 1 aliphatic carbocycles. The van der Waals surface area contributed by atoms with E-state index < -0.39 is 47.0 Å². The number of anilines is 1. The molecule has 2 fully saturated rings.